The molecule has 0 unspecified atom stereocenters. The van der Waals surface area contributed by atoms with E-state index in [0.717, 1.165) is 35.3 Å². The van der Waals surface area contributed by atoms with Gasteiger partial charge in [-0.3, -0.25) is 4.68 Å². The largest absolute Gasteiger partial charge is 0.398 e. The van der Waals surface area contributed by atoms with Gasteiger partial charge in [-0.15, -0.1) is 0 Å². The van der Waals surface area contributed by atoms with Crippen molar-refractivity contribution in [1.82, 2.24) is 9.78 Å². The van der Waals surface area contributed by atoms with E-state index in [1.54, 1.807) is 6.07 Å². The summed E-state index contributed by atoms with van der Waals surface area (Å²) in [5.41, 5.74) is 9.85. The van der Waals surface area contributed by atoms with Gasteiger partial charge >= 0.3 is 0 Å². The van der Waals surface area contributed by atoms with Crippen LogP contribution in [-0.4, -0.2) is 9.78 Å². The molecule has 0 aliphatic carbocycles. The van der Waals surface area contributed by atoms with Crippen LogP contribution in [0.2, 0.25) is 5.02 Å². The van der Waals surface area contributed by atoms with Crippen molar-refractivity contribution in [2.45, 2.75) is 19.8 Å². The second-order valence-electron chi connectivity index (χ2n) is 4.14. The first-order chi connectivity index (χ1) is 8.11. The lowest BCUT2D eigenvalue weighted by Crippen LogP contribution is -1.93. The van der Waals surface area contributed by atoms with E-state index in [-0.39, 0.29) is 0 Å². The summed E-state index contributed by atoms with van der Waals surface area (Å²) in [7, 11) is 1.92. The van der Waals surface area contributed by atoms with Crippen molar-refractivity contribution in [2.75, 3.05) is 5.73 Å². The Bertz CT molecular complexity index is 531. The average molecular weight is 250 g/mol. The molecule has 0 spiro atoms. The maximum Gasteiger partial charge on any atom is 0.0703 e. The highest BCUT2D eigenvalue weighted by Gasteiger charge is 2.12. The normalized spacial score (nSPS) is 10.8. The van der Waals surface area contributed by atoms with E-state index >= 15 is 0 Å². The molecule has 0 saturated heterocycles. The van der Waals surface area contributed by atoms with E-state index in [1.807, 2.05) is 30.1 Å². The minimum atomic E-state index is 0.695. The molecule has 2 N–H and O–H groups in total. The number of rotatable bonds is 3. The predicted molar refractivity (Wildman–Crippen MR) is 72.1 cm³/mol. The number of hydrogen-bond donors (Lipinski definition) is 1. The first kappa shape index (κ1) is 12.0. The van der Waals surface area contributed by atoms with Crippen LogP contribution in [0.25, 0.3) is 11.1 Å². The standard InChI is InChI=1S/C13H16ClN3/c1-3-4-13-11(8-17(2)16-13)10-7-9(14)5-6-12(10)15/h5-8H,3-4,15H2,1-2H3. The van der Waals surface area contributed by atoms with Gasteiger partial charge in [0.1, 0.15) is 0 Å². The Kier molecular flexibility index (Phi) is 3.38. The van der Waals surface area contributed by atoms with Gasteiger partial charge < -0.3 is 5.73 Å². The van der Waals surface area contributed by atoms with Gasteiger partial charge in [0.05, 0.1) is 5.69 Å². The molecular weight excluding hydrogens is 234 g/mol. The molecule has 0 atom stereocenters. The zero-order valence-corrected chi connectivity index (χ0v) is 10.8. The van der Waals surface area contributed by atoms with Gasteiger partial charge in [-0.25, -0.2) is 0 Å². The summed E-state index contributed by atoms with van der Waals surface area (Å²) in [6.45, 7) is 2.14. The van der Waals surface area contributed by atoms with Crippen molar-refractivity contribution >= 4 is 17.3 Å². The van der Waals surface area contributed by atoms with Crippen molar-refractivity contribution in [3.8, 4) is 11.1 Å². The summed E-state index contributed by atoms with van der Waals surface area (Å²) >= 11 is 6.02. The fourth-order valence-corrected chi connectivity index (χ4v) is 2.11. The van der Waals surface area contributed by atoms with Crippen LogP contribution in [0.5, 0.6) is 0 Å². The average Bonchev–Trinajstić information content (AvgIpc) is 2.64. The molecular formula is C13H16ClN3. The predicted octanol–water partition coefficient (Wildman–Crippen LogP) is 3.28. The Morgan fingerprint density at radius 2 is 2.12 bits per heavy atom. The molecule has 2 rings (SSSR count). The molecule has 0 bridgehead atoms. The smallest absolute Gasteiger partial charge is 0.0703 e. The van der Waals surface area contributed by atoms with E-state index < -0.39 is 0 Å². The Balaban J connectivity index is 2.55. The first-order valence-electron chi connectivity index (χ1n) is 5.69. The number of nitrogens with two attached hydrogens (primary N) is 1. The van der Waals surface area contributed by atoms with Crippen LogP contribution in [-0.2, 0) is 13.5 Å². The van der Waals surface area contributed by atoms with Gasteiger partial charge in [0.25, 0.3) is 0 Å². The number of halogens is 1. The van der Waals surface area contributed by atoms with Crippen molar-refractivity contribution in [3.63, 3.8) is 0 Å². The SMILES string of the molecule is CCCc1nn(C)cc1-c1cc(Cl)ccc1N. The molecule has 90 valence electrons. The molecule has 4 heteroatoms. The van der Waals surface area contributed by atoms with Crippen molar-refractivity contribution in [1.29, 1.82) is 0 Å². The third-order valence-corrected chi connectivity index (χ3v) is 2.93. The molecule has 0 amide bonds. The van der Waals surface area contributed by atoms with Crippen molar-refractivity contribution in [2.24, 2.45) is 7.05 Å². The number of hydrogen-bond acceptors (Lipinski definition) is 2. The molecule has 0 aliphatic rings. The highest BCUT2D eigenvalue weighted by molar-refractivity contribution is 6.31. The monoisotopic (exact) mass is 249 g/mol. The van der Waals surface area contributed by atoms with Crippen LogP contribution in [0.1, 0.15) is 19.0 Å². The summed E-state index contributed by atoms with van der Waals surface area (Å²) in [6, 6.07) is 5.53. The van der Waals surface area contributed by atoms with Crippen LogP contribution in [0.3, 0.4) is 0 Å². The number of anilines is 1. The van der Waals surface area contributed by atoms with Crippen LogP contribution in [0, 0.1) is 0 Å². The van der Waals surface area contributed by atoms with E-state index in [9.17, 15) is 0 Å². The van der Waals surface area contributed by atoms with Gasteiger partial charge in [0, 0.05) is 35.1 Å². The van der Waals surface area contributed by atoms with Gasteiger partial charge in [-0.05, 0) is 24.6 Å². The van der Waals surface area contributed by atoms with Crippen LogP contribution in [0.15, 0.2) is 24.4 Å². The van der Waals surface area contributed by atoms with Gasteiger partial charge in [0.15, 0.2) is 0 Å². The second-order valence-corrected chi connectivity index (χ2v) is 4.58. The zero-order chi connectivity index (χ0) is 12.4. The lowest BCUT2D eigenvalue weighted by molar-refractivity contribution is 0.733. The van der Waals surface area contributed by atoms with Crippen LogP contribution >= 0.6 is 11.6 Å². The number of aryl methyl sites for hydroxylation is 2. The molecule has 17 heavy (non-hydrogen) atoms. The summed E-state index contributed by atoms with van der Waals surface area (Å²) in [5, 5.41) is 5.16. The molecule has 0 aliphatic heterocycles. The molecule has 0 fully saturated rings. The molecule has 0 saturated carbocycles. The van der Waals surface area contributed by atoms with E-state index in [4.69, 9.17) is 17.3 Å². The highest BCUT2D eigenvalue weighted by Crippen LogP contribution is 2.31. The fraction of sp³-hybridized carbons (Fsp3) is 0.308. The lowest BCUT2D eigenvalue weighted by Gasteiger charge is -2.06. The second kappa shape index (κ2) is 4.80. The van der Waals surface area contributed by atoms with Gasteiger partial charge in [-0.2, -0.15) is 5.10 Å². The summed E-state index contributed by atoms with van der Waals surface area (Å²) in [4.78, 5) is 0. The lowest BCUT2D eigenvalue weighted by atomic mass is 10.0. The molecule has 2 aromatic rings. The van der Waals surface area contributed by atoms with Gasteiger partial charge in [0.2, 0.25) is 0 Å². The third kappa shape index (κ3) is 2.44. The quantitative estimate of drug-likeness (QED) is 0.849. The number of nitrogen functional groups attached to an aromatic ring is 1. The Morgan fingerprint density at radius 3 is 2.82 bits per heavy atom. The molecule has 1 aromatic carbocycles. The summed E-state index contributed by atoms with van der Waals surface area (Å²) in [5.74, 6) is 0. The van der Waals surface area contributed by atoms with E-state index in [2.05, 4.69) is 12.0 Å². The summed E-state index contributed by atoms with van der Waals surface area (Å²) in [6.07, 6.45) is 4.00. The third-order valence-electron chi connectivity index (χ3n) is 2.70. The van der Waals surface area contributed by atoms with Gasteiger partial charge in [-0.1, -0.05) is 24.9 Å². The first-order valence-corrected chi connectivity index (χ1v) is 6.07. The maximum atomic E-state index is 6.02. The van der Waals surface area contributed by atoms with Crippen molar-refractivity contribution < 1.29 is 0 Å². The fourth-order valence-electron chi connectivity index (χ4n) is 1.94. The topological polar surface area (TPSA) is 43.8 Å². The minimum Gasteiger partial charge on any atom is -0.398 e. The summed E-state index contributed by atoms with van der Waals surface area (Å²) < 4.78 is 1.82. The Hall–Kier alpha value is -1.48. The van der Waals surface area contributed by atoms with E-state index in [0.29, 0.717) is 5.02 Å². The molecule has 1 aromatic heterocycles. The number of aromatic nitrogens is 2. The van der Waals surface area contributed by atoms with Crippen LogP contribution < -0.4 is 5.73 Å². The molecule has 3 nitrogen and oxygen atoms in total. The minimum absolute atomic E-state index is 0.695. The Labute approximate surface area is 106 Å². The molecule has 0 radical (unpaired) electrons. The van der Waals surface area contributed by atoms with E-state index in [1.165, 1.54) is 0 Å². The highest BCUT2D eigenvalue weighted by atomic mass is 35.5. The number of nitrogens with zero attached hydrogens (tertiary/aromatic N) is 2. The van der Waals surface area contributed by atoms with Crippen molar-refractivity contribution in [3.05, 3.63) is 35.1 Å². The number of benzene rings is 1. The zero-order valence-electron chi connectivity index (χ0n) is 10.1. The Morgan fingerprint density at radius 1 is 1.35 bits per heavy atom. The maximum absolute atomic E-state index is 6.02. The molecule has 1 heterocycles. The van der Waals surface area contributed by atoms with Crippen LogP contribution in [0.4, 0.5) is 5.69 Å².